The van der Waals surface area contributed by atoms with E-state index in [1.54, 1.807) is 0 Å². The molecule has 0 aliphatic heterocycles. The first-order valence-corrected chi connectivity index (χ1v) is 7.70. The van der Waals surface area contributed by atoms with Crippen LogP contribution in [0.5, 0.6) is 5.75 Å². The molecule has 0 heterocycles. The van der Waals surface area contributed by atoms with Crippen LogP contribution in [0.1, 0.15) is 25.0 Å². The number of ether oxygens (including phenoxy) is 1. The predicted octanol–water partition coefficient (Wildman–Crippen LogP) is 4.05. The molecule has 0 saturated carbocycles. The number of rotatable bonds is 8. The zero-order valence-corrected chi connectivity index (χ0v) is 13.0. The molecule has 0 bridgehead atoms. The van der Waals surface area contributed by atoms with Crippen LogP contribution in [0.25, 0.3) is 0 Å². The van der Waals surface area contributed by atoms with Crippen LogP contribution in [0.15, 0.2) is 54.6 Å². The summed E-state index contributed by atoms with van der Waals surface area (Å²) in [5.74, 6) is 1.63. The largest absolute Gasteiger partial charge is 0.493 e. The van der Waals surface area contributed by atoms with Crippen LogP contribution >= 0.6 is 0 Å². The van der Waals surface area contributed by atoms with Crippen molar-refractivity contribution < 1.29 is 4.74 Å². The standard InChI is InChI=1S/C19H25NO/c1-16(2)14-20-15-18-8-10-19(11-9-18)21-13-12-17-6-4-3-5-7-17/h3-11,16,20H,12-15H2,1-2H3. The first-order valence-electron chi connectivity index (χ1n) is 7.70. The van der Waals surface area contributed by atoms with Gasteiger partial charge < -0.3 is 10.1 Å². The van der Waals surface area contributed by atoms with Gasteiger partial charge in [0.15, 0.2) is 0 Å². The molecule has 0 fully saturated rings. The minimum atomic E-state index is 0.686. The summed E-state index contributed by atoms with van der Waals surface area (Å²) < 4.78 is 5.79. The second-order valence-electron chi connectivity index (χ2n) is 5.75. The van der Waals surface area contributed by atoms with Gasteiger partial charge in [0.2, 0.25) is 0 Å². The van der Waals surface area contributed by atoms with Gasteiger partial charge in [0.05, 0.1) is 6.61 Å². The molecular formula is C19H25NO. The van der Waals surface area contributed by atoms with E-state index in [1.165, 1.54) is 11.1 Å². The van der Waals surface area contributed by atoms with Gasteiger partial charge in [-0.1, -0.05) is 56.3 Å². The third kappa shape index (κ3) is 6.01. The van der Waals surface area contributed by atoms with E-state index in [2.05, 4.69) is 67.7 Å². The van der Waals surface area contributed by atoms with Crippen molar-refractivity contribution >= 4 is 0 Å². The lowest BCUT2D eigenvalue weighted by atomic mass is 10.2. The Bertz CT molecular complexity index is 505. The van der Waals surface area contributed by atoms with E-state index in [4.69, 9.17) is 4.74 Å². The van der Waals surface area contributed by atoms with E-state index >= 15 is 0 Å². The molecule has 21 heavy (non-hydrogen) atoms. The van der Waals surface area contributed by atoms with Gasteiger partial charge in [-0.25, -0.2) is 0 Å². The van der Waals surface area contributed by atoms with Crippen molar-refractivity contribution in [2.45, 2.75) is 26.8 Å². The third-order valence-corrected chi connectivity index (χ3v) is 3.31. The first kappa shape index (κ1) is 15.6. The summed E-state index contributed by atoms with van der Waals surface area (Å²) in [5, 5.41) is 3.44. The Labute approximate surface area is 128 Å². The lowest BCUT2D eigenvalue weighted by Crippen LogP contribution is -2.18. The molecule has 2 heteroatoms. The molecule has 2 rings (SSSR count). The molecule has 112 valence electrons. The van der Waals surface area contributed by atoms with Crippen LogP contribution in [0.4, 0.5) is 0 Å². The summed E-state index contributed by atoms with van der Waals surface area (Å²) >= 11 is 0. The summed E-state index contributed by atoms with van der Waals surface area (Å²) in [4.78, 5) is 0. The van der Waals surface area contributed by atoms with Crippen LogP contribution in [-0.2, 0) is 13.0 Å². The van der Waals surface area contributed by atoms with Crippen molar-refractivity contribution in [2.75, 3.05) is 13.2 Å². The van der Waals surface area contributed by atoms with Gasteiger partial charge in [0.1, 0.15) is 5.75 Å². The Morgan fingerprint density at radius 3 is 2.29 bits per heavy atom. The summed E-state index contributed by atoms with van der Waals surface area (Å²) in [7, 11) is 0. The summed E-state index contributed by atoms with van der Waals surface area (Å²) in [6.07, 6.45) is 0.943. The zero-order valence-electron chi connectivity index (χ0n) is 13.0. The summed E-state index contributed by atoms with van der Waals surface area (Å²) in [6, 6.07) is 18.8. The average Bonchev–Trinajstić information content (AvgIpc) is 2.50. The average molecular weight is 283 g/mol. The highest BCUT2D eigenvalue weighted by molar-refractivity contribution is 5.27. The molecule has 0 aromatic heterocycles. The summed E-state index contributed by atoms with van der Waals surface area (Å²) in [6.45, 7) is 7.13. The lowest BCUT2D eigenvalue weighted by molar-refractivity contribution is 0.322. The van der Waals surface area contributed by atoms with Crippen LogP contribution in [0.3, 0.4) is 0 Å². The van der Waals surface area contributed by atoms with Gasteiger partial charge in [0, 0.05) is 13.0 Å². The maximum Gasteiger partial charge on any atom is 0.119 e. The van der Waals surface area contributed by atoms with Crippen molar-refractivity contribution in [1.29, 1.82) is 0 Å². The highest BCUT2D eigenvalue weighted by Crippen LogP contribution is 2.13. The number of hydrogen-bond donors (Lipinski definition) is 1. The quantitative estimate of drug-likeness (QED) is 0.789. The molecule has 1 N–H and O–H groups in total. The van der Waals surface area contributed by atoms with Gasteiger partial charge >= 0.3 is 0 Å². The van der Waals surface area contributed by atoms with Crippen LogP contribution in [0, 0.1) is 5.92 Å². The lowest BCUT2D eigenvalue weighted by Gasteiger charge is -2.09. The Morgan fingerprint density at radius 2 is 1.62 bits per heavy atom. The zero-order chi connectivity index (χ0) is 14.9. The number of nitrogens with one attached hydrogen (secondary N) is 1. The second kappa shape index (κ2) is 8.48. The fraction of sp³-hybridized carbons (Fsp3) is 0.368. The number of hydrogen-bond acceptors (Lipinski definition) is 2. The van der Waals surface area contributed by atoms with Crippen molar-refractivity contribution in [1.82, 2.24) is 5.32 Å². The molecule has 0 saturated heterocycles. The number of benzene rings is 2. The molecule has 2 aromatic rings. The minimum Gasteiger partial charge on any atom is -0.493 e. The molecule has 0 amide bonds. The molecule has 0 unspecified atom stereocenters. The maximum atomic E-state index is 5.79. The van der Waals surface area contributed by atoms with E-state index in [0.717, 1.165) is 31.9 Å². The van der Waals surface area contributed by atoms with Crippen molar-refractivity contribution in [3.8, 4) is 5.75 Å². The molecule has 0 aliphatic carbocycles. The van der Waals surface area contributed by atoms with Gasteiger partial charge in [-0.3, -0.25) is 0 Å². The predicted molar refractivity (Wildman–Crippen MR) is 88.6 cm³/mol. The highest BCUT2D eigenvalue weighted by Gasteiger charge is 1.98. The smallest absolute Gasteiger partial charge is 0.119 e. The SMILES string of the molecule is CC(C)CNCc1ccc(OCCc2ccccc2)cc1. The minimum absolute atomic E-state index is 0.686. The second-order valence-corrected chi connectivity index (χ2v) is 5.75. The highest BCUT2D eigenvalue weighted by atomic mass is 16.5. The molecule has 0 radical (unpaired) electrons. The van der Waals surface area contributed by atoms with E-state index in [9.17, 15) is 0 Å². The fourth-order valence-electron chi connectivity index (χ4n) is 2.14. The van der Waals surface area contributed by atoms with Gasteiger partial charge in [-0.2, -0.15) is 0 Å². The molecule has 0 aliphatic rings. The van der Waals surface area contributed by atoms with E-state index in [-0.39, 0.29) is 0 Å². The Hall–Kier alpha value is -1.80. The Kier molecular flexibility index (Phi) is 6.29. The van der Waals surface area contributed by atoms with Gasteiger partial charge in [0.25, 0.3) is 0 Å². The van der Waals surface area contributed by atoms with E-state index < -0.39 is 0 Å². The van der Waals surface area contributed by atoms with Gasteiger partial charge in [-0.05, 0) is 35.7 Å². The maximum absolute atomic E-state index is 5.79. The fourth-order valence-corrected chi connectivity index (χ4v) is 2.14. The van der Waals surface area contributed by atoms with E-state index in [1.807, 2.05) is 6.07 Å². The normalized spacial score (nSPS) is 10.8. The topological polar surface area (TPSA) is 21.3 Å². The van der Waals surface area contributed by atoms with Crippen LogP contribution in [0.2, 0.25) is 0 Å². The van der Waals surface area contributed by atoms with Crippen molar-refractivity contribution in [2.24, 2.45) is 5.92 Å². The molecular weight excluding hydrogens is 258 g/mol. The summed E-state index contributed by atoms with van der Waals surface area (Å²) in [5.41, 5.74) is 2.61. The molecule has 0 atom stereocenters. The molecule has 0 spiro atoms. The Balaban J connectivity index is 1.72. The van der Waals surface area contributed by atoms with Gasteiger partial charge in [-0.15, -0.1) is 0 Å². The van der Waals surface area contributed by atoms with Crippen molar-refractivity contribution in [3.05, 3.63) is 65.7 Å². The van der Waals surface area contributed by atoms with Crippen molar-refractivity contribution in [3.63, 3.8) is 0 Å². The van der Waals surface area contributed by atoms with E-state index in [0.29, 0.717) is 5.92 Å². The first-order chi connectivity index (χ1) is 10.2. The monoisotopic (exact) mass is 283 g/mol. The Morgan fingerprint density at radius 1 is 0.905 bits per heavy atom. The van der Waals surface area contributed by atoms with Crippen LogP contribution in [-0.4, -0.2) is 13.2 Å². The van der Waals surface area contributed by atoms with Crippen LogP contribution < -0.4 is 10.1 Å². The molecule has 2 aromatic carbocycles. The third-order valence-electron chi connectivity index (χ3n) is 3.31. The molecule has 2 nitrogen and oxygen atoms in total.